The summed E-state index contributed by atoms with van der Waals surface area (Å²) in [5.41, 5.74) is 3.76. The summed E-state index contributed by atoms with van der Waals surface area (Å²) in [5.74, 6) is 0.135. The number of aromatic nitrogens is 2. The Balaban J connectivity index is 1.49. The molecule has 0 spiro atoms. The van der Waals surface area contributed by atoms with E-state index in [9.17, 15) is 4.79 Å². The van der Waals surface area contributed by atoms with Crippen molar-refractivity contribution < 1.29 is 4.79 Å². The maximum absolute atomic E-state index is 12.1. The van der Waals surface area contributed by atoms with Crippen LogP contribution in [0, 0.1) is 18.3 Å². The highest BCUT2D eigenvalue weighted by atomic mass is 32.2. The van der Waals surface area contributed by atoms with Crippen LogP contribution in [0.4, 0.5) is 16.5 Å². The second kappa shape index (κ2) is 9.16. The average Bonchev–Trinajstić information content (AvgIpc) is 3.09. The zero-order valence-electron chi connectivity index (χ0n) is 14.6. The van der Waals surface area contributed by atoms with Crippen LogP contribution < -0.4 is 10.6 Å². The molecule has 0 fully saturated rings. The normalized spacial score (nSPS) is 10.2. The third kappa shape index (κ3) is 5.81. The van der Waals surface area contributed by atoms with E-state index in [1.807, 2.05) is 43.3 Å². The molecule has 0 saturated heterocycles. The molecule has 0 atom stereocenters. The second-order valence-electron chi connectivity index (χ2n) is 5.74. The Morgan fingerprint density at radius 2 is 2.00 bits per heavy atom. The van der Waals surface area contributed by atoms with Crippen molar-refractivity contribution in [1.82, 2.24) is 10.2 Å². The summed E-state index contributed by atoms with van der Waals surface area (Å²) in [6.45, 7) is 2.03. The Labute approximate surface area is 165 Å². The van der Waals surface area contributed by atoms with Crippen LogP contribution in [0.3, 0.4) is 0 Å². The van der Waals surface area contributed by atoms with Crippen molar-refractivity contribution in [3.63, 3.8) is 0 Å². The minimum Gasteiger partial charge on any atom is -0.330 e. The molecule has 0 bridgehead atoms. The first-order valence-corrected chi connectivity index (χ1v) is 9.98. The lowest BCUT2D eigenvalue weighted by Crippen LogP contribution is -2.13. The predicted molar refractivity (Wildman–Crippen MR) is 109 cm³/mol. The number of carbonyl (C=O) groups is 1. The lowest BCUT2D eigenvalue weighted by atomic mass is 10.1. The van der Waals surface area contributed by atoms with Gasteiger partial charge in [-0.1, -0.05) is 47.4 Å². The van der Waals surface area contributed by atoms with E-state index in [-0.39, 0.29) is 11.7 Å². The third-order valence-electron chi connectivity index (χ3n) is 3.52. The van der Waals surface area contributed by atoms with Gasteiger partial charge in [-0.2, -0.15) is 5.26 Å². The molecule has 3 rings (SSSR count). The number of hydrogen-bond donors (Lipinski definition) is 2. The number of amides is 1. The van der Waals surface area contributed by atoms with Gasteiger partial charge in [0.05, 0.1) is 18.2 Å². The lowest BCUT2D eigenvalue weighted by molar-refractivity contribution is -0.113. The van der Waals surface area contributed by atoms with Gasteiger partial charge in [0.1, 0.15) is 0 Å². The minimum atomic E-state index is -0.114. The molecule has 27 heavy (non-hydrogen) atoms. The predicted octanol–water partition coefficient (Wildman–Crippen LogP) is 4.39. The van der Waals surface area contributed by atoms with Gasteiger partial charge in [-0.15, -0.1) is 10.2 Å². The van der Waals surface area contributed by atoms with Crippen molar-refractivity contribution in [2.24, 2.45) is 0 Å². The monoisotopic (exact) mass is 395 g/mol. The Hall–Kier alpha value is -2.89. The topological polar surface area (TPSA) is 90.7 Å². The molecular formula is C19H17N5OS2. The van der Waals surface area contributed by atoms with Gasteiger partial charge in [0.2, 0.25) is 11.0 Å². The highest BCUT2D eigenvalue weighted by Crippen LogP contribution is 2.28. The number of aryl methyl sites for hydroxylation is 1. The molecule has 2 aromatic carbocycles. The summed E-state index contributed by atoms with van der Waals surface area (Å²) in [5, 5.41) is 23.6. The highest BCUT2D eigenvalue weighted by Gasteiger charge is 2.09. The fourth-order valence-corrected chi connectivity index (χ4v) is 3.86. The molecule has 1 heterocycles. The van der Waals surface area contributed by atoms with Crippen molar-refractivity contribution >= 4 is 45.5 Å². The molecule has 0 unspecified atom stereocenters. The van der Waals surface area contributed by atoms with Gasteiger partial charge in [-0.3, -0.25) is 4.79 Å². The number of hydrogen-bond acceptors (Lipinski definition) is 7. The van der Waals surface area contributed by atoms with Crippen LogP contribution in [-0.4, -0.2) is 21.9 Å². The summed E-state index contributed by atoms with van der Waals surface area (Å²) >= 11 is 2.75. The first-order chi connectivity index (χ1) is 13.1. The molecule has 0 aliphatic heterocycles. The summed E-state index contributed by atoms with van der Waals surface area (Å²) in [6.07, 6.45) is 0.361. The molecule has 1 aromatic heterocycles. The van der Waals surface area contributed by atoms with Gasteiger partial charge in [0.15, 0.2) is 4.34 Å². The average molecular weight is 396 g/mol. The molecule has 6 nitrogen and oxygen atoms in total. The smallest absolute Gasteiger partial charge is 0.234 e. The fraction of sp³-hybridized carbons (Fsp3) is 0.158. The number of anilines is 3. The molecule has 0 aliphatic rings. The number of nitrogens with zero attached hydrogens (tertiary/aromatic N) is 3. The van der Waals surface area contributed by atoms with Gasteiger partial charge < -0.3 is 10.6 Å². The van der Waals surface area contributed by atoms with Crippen LogP contribution in [0.1, 0.15) is 11.1 Å². The quantitative estimate of drug-likeness (QED) is 0.577. The van der Waals surface area contributed by atoms with Crippen LogP contribution >= 0.6 is 23.1 Å². The highest BCUT2D eigenvalue weighted by molar-refractivity contribution is 8.01. The molecule has 2 N–H and O–H groups in total. The van der Waals surface area contributed by atoms with Crippen molar-refractivity contribution in [2.75, 3.05) is 16.4 Å². The van der Waals surface area contributed by atoms with E-state index in [0.29, 0.717) is 17.2 Å². The third-order valence-corrected chi connectivity index (χ3v) is 5.50. The van der Waals surface area contributed by atoms with E-state index in [1.54, 1.807) is 12.1 Å². The molecule has 1 amide bonds. The van der Waals surface area contributed by atoms with Crippen LogP contribution in [0.25, 0.3) is 0 Å². The summed E-state index contributed by atoms with van der Waals surface area (Å²) in [4.78, 5) is 12.1. The van der Waals surface area contributed by atoms with Crippen LogP contribution in [0.2, 0.25) is 0 Å². The molecule has 0 aliphatic carbocycles. The SMILES string of the molecule is Cc1cccc(Nc2nnc(SCC(=O)Nc3ccc(CC#N)cc3)s2)c1. The van der Waals surface area contributed by atoms with Gasteiger partial charge in [0.25, 0.3) is 0 Å². The van der Waals surface area contributed by atoms with Crippen molar-refractivity contribution in [1.29, 1.82) is 5.26 Å². The molecular weight excluding hydrogens is 378 g/mol. The molecule has 3 aromatic rings. The number of nitriles is 1. The summed E-state index contributed by atoms with van der Waals surface area (Å²) in [7, 11) is 0. The van der Waals surface area contributed by atoms with Crippen molar-refractivity contribution in [2.45, 2.75) is 17.7 Å². The zero-order chi connectivity index (χ0) is 19.1. The number of rotatable bonds is 7. The van der Waals surface area contributed by atoms with Crippen LogP contribution in [0.5, 0.6) is 0 Å². The van der Waals surface area contributed by atoms with Gasteiger partial charge in [0, 0.05) is 11.4 Å². The molecule has 0 saturated carbocycles. The van der Waals surface area contributed by atoms with E-state index in [2.05, 4.69) is 26.9 Å². The maximum Gasteiger partial charge on any atom is 0.234 e. The van der Waals surface area contributed by atoms with Crippen LogP contribution in [0.15, 0.2) is 52.9 Å². The molecule has 136 valence electrons. The number of benzene rings is 2. The van der Waals surface area contributed by atoms with Gasteiger partial charge in [-0.05, 0) is 42.3 Å². The van der Waals surface area contributed by atoms with E-state index in [1.165, 1.54) is 23.1 Å². The maximum atomic E-state index is 12.1. The van der Waals surface area contributed by atoms with E-state index in [0.717, 1.165) is 21.2 Å². The minimum absolute atomic E-state index is 0.114. The van der Waals surface area contributed by atoms with Gasteiger partial charge in [-0.25, -0.2) is 0 Å². The van der Waals surface area contributed by atoms with E-state index >= 15 is 0 Å². The van der Waals surface area contributed by atoms with Crippen molar-refractivity contribution in [3.8, 4) is 6.07 Å². The Morgan fingerprint density at radius 1 is 1.19 bits per heavy atom. The Kier molecular flexibility index (Phi) is 6.41. The zero-order valence-corrected chi connectivity index (χ0v) is 16.2. The summed E-state index contributed by atoms with van der Waals surface area (Å²) < 4.78 is 0.727. The molecule has 0 radical (unpaired) electrons. The standard InChI is InChI=1S/C19H17N5OS2/c1-13-3-2-4-16(11-13)22-18-23-24-19(27-18)26-12-17(25)21-15-7-5-14(6-8-15)9-10-20/h2-8,11H,9,12H2,1H3,(H,21,25)(H,22,23). The van der Waals surface area contributed by atoms with E-state index in [4.69, 9.17) is 5.26 Å². The number of thioether (sulfide) groups is 1. The van der Waals surface area contributed by atoms with Gasteiger partial charge >= 0.3 is 0 Å². The molecule has 8 heteroatoms. The first kappa shape index (κ1) is 18.9. The lowest BCUT2D eigenvalue weighted by Gasteiger charge is -2.04. The number of carbonyl (C=O) groups excluding carboxylic acids is 1. The van der Waals surface area contributed by atoms with Crippen LogP contribution in [-0.2, 0) is 11.2 Å². The number of nitrogens with one attached hydrogen (secondary N) is 2. The second-order valence-corrected chi connectivity index (χ2v) is 7.94. The fourth-order valence-electron chi connectivity index (χ4n) is 2.29. The Morgan fingerprint density at radius 3 is 2.74 bits per heavy atom. The largest absolute Gasteiger partial charge is 0.330 e. The summed E-state index contributed by atoms with van der Waals surface area (Å²) in [6, 6.07) is 17.4. The Bertz CT molecular complexity index is 963. The first-order valence-electron chi connectivity index (χ1n) is 8.18. The van der Waals surface area contributed by atoms with Crippen molar-refractivity contribution in [3.05, 3.63) is 59.7 Å². The van der Waals surface area contributed by atoms with E-state index < -0.39 is 0 Å².